The van der Waals surface area contributed by atoms with Crippen molar-refractivity contribution in [3.05, 3.63) is 52.3 Å². The number of nitrogens with two attached hydrogens (primary N) is 1. The Hall–Kier alpha value is -1.32. The molecule has 0 saturated heterocycles. The van der Waals surface area contributed by atoms with Gasteiger partial charge < -0.3 is 5.73 Å². The molecule has 1 aromatic heterocycles. The molecular weight excluding hydrogens is 270 g/mol. The molecule has 1 unspecified atom stereocenters. The minimum Gasteiger partial charge on any atom is -0.327 e. The first-order valence-corrected chi connectivity index (χ1v) is 7.57. The average molecular weight is 292 g/mol. The lowest BCUT2D eigenvalue weighted by molar-refractivity contribution is 0.573. The van der Waals surface area contributed by atoms with E-state index in [1.807, 2.05) is 22.9 Å². The van der Waals surface area contributed by atoms with Crippen molar-refractivity contribution < 1.29 is 0 Å². The number of hydrogen-bond acceptors (Lipinski definition) is 2. The van der Waals surface area contributed by atoms with E-state index < -0.39 is 0 Å². The largest absolute Gasteiger partial charge is 0.327 e. The molecule has 2 aromatic rings. The summed E-state index contributed by atoms with van der Waals surface area (Å²) in [4.78, 5) is 0. The average Bonchev–Trinajstić information content (AvgIpc) is 2.76. The first-order chi connectivity index (χ1) is 9.65. The molecule has 0 saturated carbocycles. The summed E-state index contributed by atoms with van der Waals surface area (Å²) in [6.45, 7) is 4.98. The molecule has 1 atom stereocenters. The number of hydrogen-bond donors (Lipinski definition) is 1. The van der Waals surface area contributed by atoms with E-state index in [1.165, 1.54) is 5.56 Å². The number of benzene rings is 1. The van der Waals surface area contributed by atoms with Crippen molar-refractivity contribution >= 4 is 11.6 Å². The van der Waals surface area contributed by atoms with Crippen molar-refractivity contribution in [1.82, 2.24) is 9.78 Å². The second-order valence-electron chi connectivity index (χ2n) is 5.03. The minimum atomic E-state index is 0.0570. The van der Waals surface area contributed by atoms with Gasteiger partial charge in [0.1, 0.15) is 0 Å². The molecule has 4 heteroatoms. The van der Waals surface area contributed by atoms with Crippen LogP contribution in [0.3, 0.4) is 0 Å². The van der Waals surface area contributed by atoms with Crippen LogP contribution >= 0.6 is 11.6 Å². The predicted octanol–water partition coefficient (Wildman–Crippen LogP) is 3.23. The van der Waals surface area contributed by atoms with E-state index in [4.69, 9.17) is 17.3 Å². The topological polar surface area (TPSA) is 43.8 Å². The fourth-order valence-electron chi connectivity index (χ4n) is 2.45. The lowest BCUT2D eigenvalue weighted by Gasteiger charge is -2.13. The van der Waals surface area contributed by atoms with Gasteiger partial charge in [0.2, 0.25) is 0 Å². The van der Waals surface area contributed by atoms with Crippen LogP contribution in [-0.4, -0.2) is 15.8 Å². The summed E-state index contributed by atoms with van der Waals surface area (Å²) >= 11 is 6.42. The van der Waals surface area contributed by atoms with Gasteiger partial charge >= 0.3 is 0 Å². The molecule has 1 aromatic carbocycles. The molecule has 108 valence electrons. The molecule has 0 bridgehead atoms. The van der Waals surface area contributed by atoms with Crippen LogP contribution in [0.2, 0.25) is 5.02 Å². The SMILES string of the molecule is CCc1nn(CC)c(CC(N)Cc2ccccc2)c1Cl. The highest BCUT2D eigenvalue weighted by molar-refractivity contribution is 6.31. The van der Waals surface area contributed by atoms with Gasteiger partial charge in [-0.1, -0.05) is 48.9 Å². The summed E-state index contributed by atoms with van der Waals surface area (Å²) in [6, 6.07) is 10.4. The van der Waals surface area contributed by atoms with E-state index in [1.54, 1.807) is 0 Å². The maximum Gasteiger partial charge on any atom is 0.0850 e. The van der Waals surface area contributed by atoms with Gasteiger partial charge in [-0.25, -0.2) is 0 Å². The normalized spacial score (nSPS) is 12.6. The Labute approximate surface area is 125 Å². The molecule has 0 amide bonds. The van der Waals surface area contributed by atoms with Crippen LogP contribution in [0.4, 0.5) is 0 Å². The van der Waals surface area contributed by atoms with Gasteiger partial charge in [-0.05, 0) is 25.3 Å². The van der Waals surface area contributed by atoms with Crippen molar-refractivity contribution in [3.8, 4) is 0 Å². The lowest BCUT2D eigenvalue weighted by Crippen LogP contribution is -2.27. The Kier molecular flexibility index (Phi) is 5.21. The lowest BCUT2D eigenvalue weighted by atomic mass is 10.0. The van der Waals surface area contributed by atoms with Gasteiger partial charge in [-0.2, -0.15) is 5.10 Å². The molecule has 3 nitrogen and oxygen atoms in total. The second-order valence-corrected chi connectivity index (χ2v) is 5.41. The predicted molar refractivity (Wildman–Crippen MR) is 84.1 cm³/mol. The molecule has 1 heterocycles. The van der Waals surface area contributed by atoms with Crippen molar-refractivity contribution in [3.63, 3.8) is 0 Å². The molecule has 0 aliphatic heterocycles. The first kappa shape index (κ1) is 15.1. The summed E-state index contributed by atoms with van der Waals surface area (Å²) in [5.74, 6) is 0. The highest BCUT2D eigenvalue weighted by Gasteiger charge is 2.17. The van der Waals surface area contributed by atoms with Crippen LogP contribution in [-0.2, 0) is 25.8 Å². The molecular formula is C16H22ClN3. The van der Waals surface area contributed by atoms with E-state index in [-0.39, 0.29) is 6.04 Å². The van der Waals surface area contributed by atoms with Gasteiger partial charge in [-0.15, -0.1) is 0 Å². The number of aromatic nitrogens is 2. The molecule has 0 fully saturated rings. The highest BCUT2D eigenvalue weighted by atomic mass is 35.5. The quantitative estimate of drug-likeness (QED) is 0.888. The summed E-state index contributed by atoms with van der Waals surface area (Å²) < 4.78 is 1.98. The Morgan fingerprint density at radius 3 is 2.50 bits per heavy atom. The summed E-state index contributed by atoms with van der Waals surface area (Å²) in [5.41, 5.74) is 9.57. The van der Waals surface area contributed by atoms with Gasteiger partial charge in [0.15, 0.2) is 0 Å². The van der Waals surface area contributed by atoms with E-state index in [0.29, 0.717) is 0 Å². The summed E-state index contributed by atoms with van der Waals surface area (Å²) in [5, 5.41) is 5.33. The van der Waals surface area contributed by atoms with Crippen molar-refractivity contribution in [2.75, 3.05) is 0 Å². The maximum absolute atomic E-state index is 6.42. The standard InChI is InChI=1S/C16H22ClN3/c1-3-14-16(17)15(20(4-2)19-14)11-13(18)10-12-8-6-5-7-9-12/h5-9,13H,3-4,10-11,18H2,1-2H3. The molecule has 2 rings (SSSR count). The van der Waals surface area contributed by atoms with Gasteiger partial charge in [-0.3, -0.25) is 4.68 Å². The zero-order valence-electron chi connectivity index (χ0n) is 12.1. The van der Waals surface area contributed by atoms with Crippen LogP contribution in [0.1, 0.15) is 30.8 Å². The van der Waals surface area contributed by atoms with Crippen molar-refractivity contribution in [2.24, 2.45) is 5.73 Å². The van der Waals surface area contributed by atoms with E-state index in [2.05, 4.69) is 31.1 Å². The Morgan fingerprint density at radius 2 is 1.90 bits per heavy atom. The summed E-state index contributed by atoms with van der Waals surface area (Å²) in [7, 11) is 0. The maximum atomic E-state index is 6.42. The van der Waals surface area contributed by atoms with E-state index in [9.17, 15) is 0 Å². The third-order valence-corrected chi connectivity index (χ3v) is 3.93. The molecule has 0 aliphatic rings. The van der Waals surface area contributed by atoms with Crippen molar-refractivity contribution in [2.45, 2.75) is 45.7 Å². The minimum absolute atomic E-state index is 0.0570. The Morgan fingerprint density at radius 1 is 1.20 bits per heavy atom. The fourth-order valence-corrected chi connectivity index (χ4v) is 2.80. The van der Waals surface area contributed by atoms with Gasteiger partial charge in [0.05, 0.1) is 16.4 Å². The van der Waals surface area contributed by atoms with Crippen LogP contribution in [0.25, 0.3) is 0 Å². The third kappa shape index (κ3) is 3.41. The van der Waals surface area contributed by atoms with E-state index in [0.717, 1.165) is 42.2 Å². The fraction of sp³-hybridized carbons (Fsp3) is 0.438. The smallest absolute Gasteiger partial charge is 0.0850 e. The molecule has 2 N–H and O–H groups in total. The Balaban J connectivity index is 2.11. The highest BCUT2D eigenvalue weighted by Crippen LogP contribution is 2.23. The molecule has 20 heavy (non-hydrogen) atoms. The number of nitrogens with zero attached hydrogens (tertiary/aromatic N) is 2. The second kappa shape index (κ2) is 6.91. The monoisotopic (exact) mass is 291 g/mol. The zero-order chi connectivity index (χ0) is 14.5. The van der Waals surface area contributed by atoms with Crippen LogP contribution in [0.15, 0.2) is 30.3 Å². The van der Waals surface area contributed by atoms with E-state index >= 15 is 0 Å². The van der Waals surface area contributed by atoms with Crippen LogP contribution in [0, 0.1) is 0 Å². The number of aryl methyl sites for hydroxylation is 2. The molecule has 0 radical (unpaired) electrons. The van der Waals surface area contributed by atoms with Gasteiger partial charge in [0, 0.05) is 19.0 Å². The first-order valence-electron chi connectivity index (χ1n) is 7.19. The Bertz CT molecular complexity index is 548. The summed E-state index contributed by atoms with van der Waals surface area (Å²) in [6.07, 6.45) is 2.47. The van der Waals surface area contributed by atoms with Crippen LogP contribution in [0.5, 0.6) is 0 Å². The van der Waals surface area contributed by atoms with Crippen molar-refractivity contribution in [1.29, 1.82) is 0 Å². The number of rotatable bonds is 6. The third-order valence-electron chi connectivity index (χ3n) is 3.49. The zero-order valence-corrected chi connectivity index (χ0v) is 12.9. The molecule has 0 aliphatic carbocycles. The molecule has 0 spiro atoms. The van der Waals surface area contributed by atoms with Gasteiger partial charge in [0.25, 0.3) is 0 Å². The number of halogens is 1. The van der Waals surface area contributed by atoms with Crippen LogP contribution < -0.4 is 5.73 Å².